The van der Waals surface area contributed by atoms with Crippen LogP contribution in [0.4, 0.5) is 30.5 Å². The van der Waals surface area contributed by atoms with Crippen molar-refractivity contribution in [3.05, 3.63) is 45.9 Å². The summed E-state index contributed by atoms with van der Waals surface area (Å²) in [6.45, 7) is 2.30. The predicted octanol–water partition coefficient (Wildman–Crippen LogP) is 3.80. The van der Waals surface area contributed by atoms with Gasteiger partial charge in [0.15, 0.2) is 9.84 Å². The van der Waals surface area contributed by atoms with Gasteiger partial charge in [0.25, 0.3) is 5.91 Å². The minimum Gasteiger partial charge on any atom is -0.377 e. The third-order valence-electron chi connectivity index (χ3n) is 8.07. The number of nitrogens with one attached hydrogen (secondary N) is 2. The maximum absolute atomic E-state index is 14.1. The number of carbonyl (C=O) groups excluding carboxylic acids is 1. The number of piperazine rings is 1. The number of sulfone groups is 1. The quantitative estimate of drug-likeness (QED) is 0.430. The van der Waals surface area contributed by atoms with E-state index >= 15 is 0 Å². The van der Waals surface area contributed by atoms with Crippen LogP contribution in [0.3, 0.4) is 0 Å². The number of hydrogen-bond acceptors (Lipinski definition) is 10. The fourth-order valence-electron chi connectivity index (χ4n) is 5.80. The summed E-state index contributed by atoms with van der Waals surface area (Å²) < 4.78 is 73.5. The zero-order chi connectivity index (χ0) is 29.4. The van der Waals surface area contributed by atoms with Gasteiger partial charge in [-0.05, 0) is 30.7 Å². The van der Waals surface area contributed by atoms with Crippen molar-refractivity contribution in [3.8, 4) is 10.6 Å². The number of anilines is 3. The Kier molecular flexibility index (Phi) is 6.66. The van der Waals surface area contributed by atoms with Crippen molar-refractivity contribution in [1.82, 2.24) is 20.2 Å². The zero-order valence-electron chi connectivity index (χ0n) is 21.8. The Morgan fingerprint density at radius 2 is 1.98 bits per heavy atom. The molecule has 2 atom stereocenters. The molecule has 1 aromatic carbocycles. The molecule has 0 radical (unpaired) electrons. The smallest absolute Gasteiger partial charge is 0.377 e. The second kappa shape index (κ2) is 10.0. The summed E-state index contributed by atoms with van der Waals surface area (Å²) in [5.41, 5.74) is -0.348. The fourth-order valence-corrected chi connectivity index (χ4v) is 8.94. The molecule has 2 bridgehead atoms. The summed E-state index contributed by atoms with van der Waals surface area (Å²) in [6.07, 6.45) is -3.14. The Labute approximate surface area is 247 Å². The maximum atomic E-state index is 14.1. The fraction of sp³-hybridized carbons (Fsp3) is 0.423. The van der Waals surface area contributed by atoms with Crippen LogP contribution in [0.15, 0.2) is 35.4 Å². The second-order valence-electron chi connectivity index (χ2n) is 10.7. The molecule has 3 fully saturated rings. The summed E-state index contributed by atoms with van der Waals surface area (Å²) in [5, 5.41) is 6.68. The van der Waals surface area contributed by atoms with Gasteiger partial charge < -0.3 is 25.2 Å². The molecule has 2 aromatic heterocycles. The minimum absolute atomic E-state index is 0.0171. The molecular formula is C26H24ClF3N6O4S2. The number of carbonyl (C=O) groups is 1. The van der Waals surface area contributed by atoms with Crippen molar-refractivity contribution in [2.24, 2.45) is 0 Å². The summed E-state index contributed by atoms with van der Waals surface area (Å²) in [5.74, 6) is -1.06. The highest BCUT2D eigenvalue weighted by atomic mass is 35.5. The van der Waals surface area contributed by atoms with Crippen LogP contribution in [-0.4, -0.2) is 85.9 Å². The van der Waals surface area contributed by atoms with E-state index in [1.807, 2.05) is 6.07 Å². The van der Waals surface area contributed by atoms with Crippen LogP contribution in [0.2, 0.25) is 5.02 Å². The third kappa shape index (κ3) is 4.80. The molecule has 2 N–H and O–H groups in total. The maximum Gasteiger partial charge on any atom is 0.420 e. The van der Waals surface area contributed by atoms with Crippen LogP contribution in [0, 0.1) is 0 Å². The molecule has 0 aliphatic carbocycles. The molecule has 3 saturated heterocycles. The monoisotopic (exact) mass is 640 g/mol. The van der Waals surface area contributed by atoms with Gasteiger partial charge in [-0.1, -0.05) is 11.6 Å². The molecule has 16 heteroatoms. The Morgan fingerprint density at radius 1 is 1.17 bits per heavy atom. The first-order valence-corrected chi connectivity index (χ1v) is 16.1. The highest BCUT2D eigenvalue weighted by molar-refractivity contribution is 7.91. The molecule has 4 aliphatic rings. The Hall–Kier alpha value is -2.98. The van der Waals surface area contributed by atoms with Crippen LogP contribution in [-0.2, 0) is 20.8 Å². The second-order valence-corrected chi connectivity index (χ2v) is 14.2. The Morgan fingerprint density at radius 3 is 2.62 bits per heavy atom. The number of nitrogens with zero attached hydrogens (tertiary/aromatic N) is 4. The summed E-state index contributed by atoms with van der Waals surface area (Å²) in [7, 11) is -3.93. The first-order valence-electron chi connectivity index (χ1n) is 13.2. The van der Waals surface area contributed by atoms with Crippen LogP contribution >= 0.6 is 22.9 Å². The van der Waals surface area contributed by atoms with Gasteiger partial charge in [-0.25, -0.2) is 18.4 Å². The van der Waals surface area contributed by atoms with E-state index in [1.54, 1.807) is 12.1 Å². The van der Waals surface area contributed by atoms with Crippen molar-refractivity contribution >= 4 is 56.0 Å². The molecule has 42 heavy (non-hydrogen) atoms. The van der Waals surface area contributed by atoms with Crippen molar-refractivity contribution in [3.63, 3.8) is 0 Å². The molecule has 0 unspecified atom stereocenters. The number of rotatable bonds is 5. The number of fused-ring (bicyclic) bond motifs is 3. The highest BCUT2D eigenvalue weighted by Crippen LogP contribution is 2.43. The Bertz CT molecular complexity index is 1700. The molecule has 6 heterocycles. The normalized spacial score (nSPS) is 23.6. The molecule has 10 nitrogen and oxygen atoms in total. The van der Waals surface area contributed by atoms with Crippen LogP contribution in [0.1, 0.15) is 21.7 Å². The summed E-state index contributed by atoms with van der Waals surface area (Å²) >= 11 is 7.22. The SMILES string of the molecule is O=C1c2sc(-c3nc(Nc4ccc(N5C[C@H]6C[C@@H]5CN6)cc4Cl)ncc3C(F)(F)F)cc2S(=O)(=O)CCN1C1COC1. The largest absolute Gasteiger partial charge is 0.420 e. The van der Waals surface area contributed by atoms with E-state index < -0.39 is 33.2 Å². The van der Waals surface area contributed by atoms with Gasteiger partial charge in [-0.2, -0.15) is 13.2 Å². The number of aromatic nitrogens is 2. The number of amides is 1. The summed E-state index contributed by atoms with van der Waals surface area (Å²) in [6, 6.07) is 7.05. The van der Waals surface area contributed by atoms with Crippen LogP contribution in [0.5, 0.6) is 0 Å². The van der Waals surface area contributed by atoms with E-state index in [1.165, 1.54) is 4.90 Å². The standard InChI is InChI=1S/C26H24ClF3N6O4S2/c27-18-6-14(36-10-13-5-15(36)8-31-13)1-2-19(18)33-25-32-9-17(26(28,29)30)22(34-25)20-7-21-23(41-20)24(37)35(16-11-40-12-16)3-4-42(21,38)39/h1-2,6-7,9,13,15-16,31H,3-5,8,10-12H2,(H,32,33,34)/t13-,15-/m1/s1. The Balaban J connectivity index is 1.23. The lowest BCUT2D eigenvalue weighted by atomic mass is 10.2. The number of thiophene rings is 1. The zero-order valence-corrected chi connectivity index (χ0v) is 24.2. The minimum atomic E-state index is -4.84. The topological polar surface area (TPSA) is 117 Å². The van der Waals surface area contributed by atoms with E-state index in [0.29, 0.717) is 40.3 Å². The van der Waals surface area contributed by atoms with E-state index in [4.69, 9.17) is 16.3 Å². The van der Waals surface area contributed by atoms with Gasteiger partial charge in [0.05, 0.1) is 51.2 Å². The first-order chi connectivity index (χ1) is 20.0. The van der Waals surface area contributed by atoms with Crippen molar-refractivity contribution < 1.29 is 31.1 Å². The van der Waals surface area contributed by atoms with Gasteiger partial charge in [0.2, 0.25) is 5.95 Å². The van der Waals surface area contributed by atoms with E-state index in [2.05, 4.69) is 25.5 Å². The lowest BCUT2D eigenvalue weighted by Crippen LogP contribution is -2.52. The van der Waals surface area contributed by atoms with Gasteiger partial charge in [-0.3, -0.25) is 4.79 Å². The van der Waals surface area contributed by atoms with E-state index in [-0.39, 0.29) is 52.2 Å². The predicted molar refractivity (Wildman–Crippen MR) is 150 cm³/mol. The van der Waals surface area contributed by atoms with Crippen LogP contribution < -0.4 is 15.5 Å². The molecule has 4 aliphatic heterocycles. The first kappa shape index (κ1) is 27.8. The number of ether oxygens (including phenoxy) is 1. The number of hydrogen-bond donors (Lipinski definition) is 2. The van der Waals surface area contributed by atoms with Crippen molar-refractivity contribution in [1.29, 1.82) is 0 Å². The van der Waals surface area contributed by atoms with Crippen molar-refractivity contribution in [2.75, 3.05) is 48.8 Å². The number of benzene rings is 1. The van der Waals surface area contributed by atoms with Crippen LogP contribution in [0.25, 0.3) is 10.6 Å². The highest BCUT2D eigenvalue weighted by Gasteiger charge is 2.41. The van der Waals surface area contributed by atoms with Gasteiger partial charge in [-0.15, -0.1) is 11.3 Å². The molecule has 3 aromatic rings. The average Bonchev–Trinajstić information content (AvgIpc) is 3.65. The van der Waals surface area contributed by atoms with Gasteiger partial charge in [0.1, 0.15) is 10.4 Å². The molecule has 0 saturated carbocycles. The number of alkyl halides is 3. The molecule has 1 amide bonds. The lowest BCUT2D eigenvalue weighted by molar-refractivity contribution is -0.137. The number of halogens is 4. The molecular weight excluding hydrogens is 617 g/mol. The van der Waals surface area contributed by atoms with Crippen molar-refractivity contribution in [2.45, 2.75) is 35.6 Å². The molecule has 0 spiro atoms. The van der Waals surface area contributed by atoms with E-state index in [0.717, 1.165) is 31.3 Å². The van der Waals surface area contributed by atoms with Gasteiger partial charge in [0, 0.05) is 43.6 Å². The third-order valence-corrected chi connectivity index (χ3v) is 11.3. The lowest BCUT2D eigenvalue weighted by Gasteiger charge is -2.36. The average molecular weight is 641 g/mol. The molecule has 222 valence electrons. The van der Waals surface area contributed by atoms with Gasteiger partial charge >= 0.3 is 6.18 Å². The molecule has 7 rings (SSSR count). The van der Waals surface area contributed by atoms with E-state index in [9.17, 15) is 26.4 Å². The summed E-state index contributed by atoms with van der Waals surface area (Å²) in [4.78, 5) is 24.5.